The number of hydrogen-bond acceptors (Lipinski definition) is 5. The van der Waals surface area contributed by atoms with E-state index in [0.29, 0.717) is 11.5 Å². The Bertz CT molecular complexity index is 491. The van der Waals surface area contributed by atoms with E-state index in [1.165, 1.54) is 25.7 Å². The zero-order valence-electron chi connectivity index (χ0n) is 19.4. The van der Waals surface area contributed by atoms with Gasteiger partial charge in [-0.25, -0.2) is 0 Å². The van der Waals surface area contributed by atoms with Gasteiger partial charge in [-0.05, 0) is 87.1 Å². The molecule has 0 aromatic heterocycles. The Morgan fingerprint density at radius 1 is 0.893 bits per heavy atom. The first-order chi connectivity index (χ1) is 12.9. The van der Waals surface area contributed by atoms with Gasteiger partial charge in [-0.1, -0.05) is 0 Å². The van der Waals surface area contributed by atoms with E-state index in [9.17, 15) is 0 Å². The predicted octanol–water partition coefficient (Wildman–Crippen LogP) is 4.26. The van der Waals surface area contributed by atoms with Gasteiger partial charge in [0.2, 0.25) is 0 Å². The molecule has 0 unspecified atom stereocenters. The molecule has 1 heterocycles. The lowest BCUT2D eigenvalue weighted by molar-refractivity contribution is -0.279. The van der Waals surface area contributed by atoms with Crippen molar-refractivity contribution in [2.24, 2.45) is 5.41 Å². The monoisotopic (exact) mass is 396 g/mol. The zero-order chi connectivity index (χ0) is 20.6. The smallest absolute Gasteiger partial charge is 0.0685 e. The summed E-state index contributed by atoms with van der Waals surface area (Å²) in [4.78, 5) is 8.56. The average molecular weight is 397 g/mol. The van der Waals surface area contributed by atoms with Crippen molar-refractivity contribution in [2.45, 2.75) is 109 Å². The highest BCUT2D eigenvalue weighted by Gasteiger charge is 2.55. The van der Waals surface area contributed by atoms with Crippen molar-refractivity contribution < 1.29 is 14.3 Å². The van der Waals surface area contributed by atoms with Gasteiger partial charge in [0, 0.05) is 37.2 Å². The van der Waals surface area contributed by atoms with E-state index in [4.69, 9.17) is 14.3 Å². The Hall–Kier alpha value is -0.200. The van der Waals surface area contributed by atoms with Crippen LogP contribution in [-0.4, -0.2) is 72.7 Å². The van der Waals surface area contributed by atoms with Crippen molar-refractivity contribution in [1.29, 1.82) is 0 Å². The van der Waals surface area contributed by atoms with Gasteiger partial charge in [0.25, 0.3) is 0 Å². The minimum Gasteiger partial charge on any atom is -0.376 e. The highest BCUT2D eigenvalue weighted by molar-refractivity contribution is 5.07. The fourth-order valence-electron chi connectivity index (χ4n) is 4.82. The molecule has 5 nitrogen and oxygen atoms in total. The summed E-state index contributed by atoms with van der Waals surface area (Å²) < 4.78 is 11.8. The number of nitrogens with zero attached hydrogens (tertiary/aromatic N) is 2. The minimum absolute atomic E-state index is 0.0102. The lowest BCUT2D eigenvalue weighted by atomic mass is 9.60. The molecule has 1 aliphatic heterocycles. The molecule has 1 saturated heterocycles. The topological polar surface area (TPSA) is 34.2 Å². The number of hydrogen-bond donors (Lipinski definition) is 0. The second-order valence-electron chi connectivity index (χ2n) is 11.5. The van der Waals surface area contributed by atoms with E-state index in [0.717, 1.165) is 51.2 Å². The van der Waals surface area contributed by atoms with Crippen LogP contribution in [0.2, 0.25) is 0 Å². The van der Waals surface area contributed by atoms with E-state index >= 15 is 0 Å². The minimum atomic E-state index is -0.0291. The molecule has 2 saturated carbocycles. The summed E-state index contributed by atoms with van der Waals surface area (Å²) in [7, 11) is 2.32. The molecule has 0 atom stereocenters. The molecule has 5 heteroatoms. The Balaban J connectivity index is 1.21. The molecule has 28 heavy (non-hydrogen) atoms. The lowest BCUT2D eigenvalue weighted by Gasteiger charge is -2.61. The van der Waals surface area contributed by atoms with E-state index in [1.807, 2.05) is 0 Å². The summed E-state index contributed by atoms with van der Waals surface area (Å²) in [6.07, 6.45) is 7.68. The number of rotatable bonds is 9. The molecule has 164 valence electrons. The van der Waals surface area contributed by atoms with Gasteiger partial charge in [-0.3, -0.25) is 4.84 Å². The van der Waals surface area contributed by atoms with E-state index in [1.54, 1.807) is 0 Å². The van der Waals surface area contributed by atoms with Crippen LogP contribution in [0.25, 0.3) is 0 Å². The fourth-order valence-corrected chi connectivity index (χ4v) is 4.82. The van der Waals surface area contributed by atoms with Crippen LogP contribution in [0.4, 0.5) is 0 Å². The predicted molar refractivity (Wildman–Crippen MR) is 113 cm³/mol. The van der Waals surface area contributed by atoms with E-state index in [2.05, 4.69) is 58.6 Å². The van der Waals surface area contributed by atoms with Gasteiger partial charge in [0.15, 0.2) is 0 Å². The molecule has 0 N–H and O–H groups in total. The van der Waals surface area contributed by atoms with E-state index < -0.39 is 0 Å². The van der Waals surface area contributed by atoms with Crippen LogP contribution in [0.15, 0.2) is 0 Å². The summed E-state index contributed by atoms with van der Waals surface area (Å²) >= 11 is 0. The maximum absolute atomic E-state index is 6.09. The second kappa shape index (κ2) is 8.50. The van der Waals surface area contributed by atoms with Gasteiger partial charge < -0.3 is 14.4 Å². The standard InChI is InChI=1S/C23H44N2O3/c1-21(2,3)26-10-8-9-11-27-25-16-23(17-25)14-19(15-23)24(7)18-12-20(13-18)28-22(4,5)6/h18-20H,8-17H2,1-7H3. The van der Waals surface area contributed by atoms with Crippen LogP contribution in [-0.2, 0) is 14.3 Å². The van der Waals surface area contributed by atoms with Crippen LogP contribution < -0.4 is 0 Å². The summed E-state index contributed by atoms with van der Waals surface area (Å²) in [6.45, 7) is 16.7. The normalized spacial score (nSPS) is 28.3. The first-order valence-electron chi connectivity index (χ1n) is 11.4. The van der Waals surface area contributed by atoms with Crippen molar-refractivity contribution in [3.05, 3.63) is 0 Å². The van der Waals surface area contributed by atoms with Crippen LogP contribution in [0.3, 0.4) is 0 Å². The molecule has 0 amide bonds. The van der Waals surface area contributed by atoms with Crippen LogP contribution >= 0.6 is 0 Å². The molecule has 0 radical (unpaired) electrons. The van der Waals surface area contributed by atoms with Gasteiger partial charge in [-0.2, -0.15) is 5.06 Å². The Morgan fingerprint density at radius 3 is 2.07 bits per heavy atom. The summed E-state index contributed by atoms with van der Waals surface area (Å²) in [5, 5.41) is 2.18. The SMILES string of the molecule is CN(C1CC(OC(C)(C)C)C1)C1CC2(C1)CN(OCCCCOC(C)(C)C)C2. The Labute approximate surface area is 173 Å². The zero-order valence-corrected chi connectivity index (χ0v) is 19.4. The molecule has 0 aromatic rings. The number of hydroxylamine groups is 2. The number of ether oxygens (including phenoxy) is 2. The van der Waals surface area contributed by atoms with Crippen molar-refractivity contribution in [3.8, 4) is 0 Å². The van der Waals surface area contributed by atoms with E-state index in [-0.39, 0.29) is 11.2 Å². The first-order valence-corrected chi connectivity index (χ1v) is 11.4. The fraction of sp³-hybridized carbons (Fsp3) is 1.00. The molecular weight excluding hydrogens is 352 g/mol. The lowest BCUT2D eigenvalue weighted by Crippen LogP contribution is -2.67. The summed E-state index contributed by atoms with van der Waals surface area (Å²) in [5.74, 6) is 0. The summed E-state index contributed by atoms with van der Waals surface area (Å²) in [5.41, 5.74) is 0.502. The molecule has 0 aromatic carbocycles. The highest BCUT2D eigenvalue weighted by atomic mass is 16.7. The third kappa shape index (κ3) is 6.15. The third-order valence-electron chi connectivity index (χ3n) is 6.45. The molecule has 2 aliphatic carbocycles. The quantitative estimate of drug-likeness (QED) is 0.544. The van der Waals surface area contributed by atoms with Gasteiger partial charge in [0.05, 0.1) is 23.9 Å². The van der Waals surface area contributed by atoms with Crippen LogP contribution in [0, 0.1) is 5.41 Å². The van der Waals surface area contributed by atoms with Crippen molar-refractivity contribution >= 4 is 0 Å². The number of unbranched alkanes of at least 4 members (excludes halogenated alkanes) is 1. The highest BCUT2D eigenvalue weighted by Crippen LogP contribution is 2.51. The van der Waals surface area contributed by atoms with Gasteiger partial charge >= 0.3 is 0 Å². The maximum Gasteiger partial charge on any atom is 0.0685 e. The first kappa shape index (κ1) is 22.5. The van der Waals surface area contributed by atoms with Gasteiger partial charge in [-0.15, -0.1) is 0 Å². The molecule has 1 spiro atoms. The van der Waals surface area contributed by atoms with Crippen LogP contribution in [0.1, 0.15) is 80.1 Å². The molecule has 0 bridgehead atoms. The maximum atomic E-state index is 6.09. The summed E-state index contributed by atoms with van der Waals surface area (Å²) in [6, 6.07) is 1.48. The Morgan fingerprint density at radius 2 is 1.50 bits per heavy atom. The molecule has 3 fully saturated rings. The average Bonchev–Trinajstić information content (AvgIpc) is 2.43. The molecular formula is C23H44N2O3. The molecule has 3 aliphatic rings. The van der Waals surface area contributed by atoms with Crippen LogP contribution in [0.5, 0.6) is 0 Å². The van der Waals surface area contributed by atoms with Crippen molar-refractivity contribution in [2.75, 3.05) is 33.4 Å². The second-order valence-corrected chi connectivity index (χ2v) is 11.5. The largest absolute Gasteiger partial charge is 0.376 e. The van der Waals surface area contributed by atoms with Crippen molar-refractivity contribution in [1.82, 2.24) is 9.96 Å². The van der Waals surface area contributed by atoms with Gasteiger partial charge in [0.1, 0.15) is 0 Å². The molecule has 3 rings (SSSR count). The third-order valence-corrected chi connectivity index (χ3v) is 6.45. The Kier molecular flexibility index (Phi) is 6.83. The van der Waals surface area contributed by atoms with Crippen molar-refractivity contribution in [3.63, 3.8) is 0 Å².